The summed E-state index contributed by atoms with van der Waals surface area (Å²) in [5.74, 6) is -3.31. The SMILES string of the molecule is [2H]C([2H])([2H])C([2H])(C)c1ccc(-c2c(C)c(C)cc[n+]2C)c(C)c1.[2H]C([2H])([2H])C([2H])([2H])c1ccc(-c2c(C)c(C)cc[n+]2C)c(C)c1.[2H]C([2H])([2H])c1cc(C)c(-c2ccc(C([2H])(C)C([2H])([2H])[2H])cc2C)[n+](C)c1.[2H]C([2H])([2H])c1ccc(-c2c(C)c(C)cc[n+]2C)c(C)c1. The van der Waals surface area contributed by atoms with E-state index in [0.29, 0.717) is 16.7 Å². The Morgan fingerprint density at radius 3 is 1.16 bits per heavy atom. The van der Waals surface area contributed by atoms with Crippen molar-refractivity contribution in [1.29, 1.82) is 0 Å². The number of benzene rings is 4. The number of aryl methyl sites for hydroxylation is 15. The Bertz CT molecular complexity index is 3860. The first-order valence-corrected chi connectivity index (χ1v) is 24.7. The highest BCUT2D eigenvalue weighted by atomic mass is 14.9. The monoisotopic (exact) mass is 994 g/mol. The average Bonchev–Trinajstić information content (AvgIpc) is 0.790. The van der Waals surface area contributed by atoms with E-state index >= 15 is 0 Å². The Morgan fingerprint density at radius 1 is 0.411 bits per heavy atom. The zero-order valence-corrected chi connectivity index (χ0v) is 46.3. The Hall–Kier alpha value is -6.52. The van der Waals surface area contributed by atoms with E-state index in [0.717, 1.165) is 78.4 Å². The predicted octanol–water partition coefficient (Wildman–Crippen LogP) is 15.5. The fourth-order valence-electron chi connectivity index (χ4n) is 9.35. The zero-order chi connectivity index (χ0) is 70.3. The van der Waals surface area contributed by atoms with Crippen molar-refractivity contribution in [2.24, 2.45) is 28.2 Å². The lowest BCUT2D eigenvalue weighted by atomic mass is 9.94. The zero-order valence-electron chi connectivity index (χ0n) is 65.3. The molecule has 0 aliphatic heterocycles. The number of nitrogens with zero attached hydrogens (tertiary/aromatic N) is 4. The maximum Gasteiger partial charge on any atom is 0.215 e. The Balaban J connectivity index is 0.000000223. The van der Waals surface area contributed by atoms with Crippen LogP contribution < -0.4 is 18.3 Å². The molecule has 0 aliphatic rings. The van der Waals surface area contributed by atoms with Gasteiger partial charge in [-0.15, -0.1) is 0 Å². The molecule has 0 spiro atoms. The second kappa shape index (κ2) is 24.9. The average molecular weight is 995 g/mol. The quantitative estimate of drug-likeness (QED) is 0.141. The van der Waals surface area contributed by atoms with E-state index in [-0.39, 0.29) is 11.1 Å². The van der Waals surface area contributed by atoms with E-state index < -0.39 is 52.4 Å². The Kier molecular flexibility index (Phi) is 12.2. The smallest absolute Gasteiger partial charge is 0.201 e. The molecule has 0 N–H and O–H groups in total. The number of hydrogen-bond donors (Lipinski definition) is 0. The standard InChI is InChI=1S/2C18H24N.C17H22N.C16H20N/c1-12(2)16-7-8-17(14(4)10-16)18-15(5)9-13(3)11-19(18)6;1-12(2)16-7-8-17(14(4)11-16)18-15(5)13(3)9-10-19(18)6;1-6-15-7-8-16(13(3)11-15)17-14(4)12(2)9-10-18(17)5;1-11-6-7-15(13(3)10-11)16-14(4)12(2)8-9-17(16)5/h2*7-12H,1-6H3;7-11H,6H2,1-5H3;6-10H,1-5H3/q4*+1/i1D3,3D3,12D;1D3,12D;1D3,6D2;1D3. The maximum absolute atomic E-state index is 8.24. The van der Waals surface area contributed by atoms with Crippen LogP contribution in [0.1, 0.15) is 161 Å². The van der Waals surface area contributed by atoms with Gasteiger partial charge in [0.2, 0.25) is 22.8 Å². The molecule has 73 heavy (non-hydrogen) atoms. The van der Waals surface area contributed by atoms with Crippen molar-refractivity contribution in [2.45, 2.75) is 142 Å². The third-order valence-electron chi connectivity index (χ3n) is 13.9. The molecule has 4 nitrogen and oxygen atoms in total. The molecule has 8 aromatic rings. The minimum Gasteiger partial charge on any atom is -0.201 e. The van der Waals surface area contributed by atoms with E-state index in [1.165, 1.54) is 41.7 Å². The van der Waals surface area contributed by atoms with Gasteiger partial charge in [-0.25, -0.2) is 18.3 Å². The Labute approximate surface area is 469 Å². The first-order valence-electron chi connectivity index (χ1n) is 34.2. The van der Waals surface area contributed by atoms with Gasteiger partial charge in [-0.05, 0) is 194 Å². The molecule has 4 heterocycles. The van der Waals surface area contributed by atoms with Gasteiger partial charge in [0.1, 0.15) is 28.2 Å². The van der Waals surface area contributed by atoms with Crippen molar-refractivity contribution in [1.82, 2.24) is 0 Å². The summed E-state index contributed by atoms with van der Waals surface area (Å²) in [7, 11) is 7.78. The minimum absolute atomic E-state index is 0.187. The van der Waals surface area contributed by atoms with Gasteiger partial charge >= 0.3 is 0 Å². The van der Waals surface area contributed by atoms with Crippen molar-refractivity contribution >= 4 is 0 Å². The van der Waals surface area contributed by atoms with Crippen LogP contribution in [-0.2, 0) is 34.6 Å². The van der Waals surface area contributed by atoms with Gasteiger partial charge in [-0.1, -0.05) is 88.5 Å². The van der Waals surface area contributed by atoms with Gasteiger partial charge in [-0.2, -0.15) is 0 Å². The molecule has 0 bridgehead atoms. The summed E-state index contributed by atoms with van der Waals surface area (Å²) < 4.78 is 153. The molecule has 382 valence electrons. The van der Waals surface area contributed by atoms with E-state index in [4.69, 9.17) is 26.0 Å². The number of pyridine rings is 4. The maximum atomic E-state index is 8.24. The topological polar surface area (TPSA) is 15.5 Å². The van der Waals surface area contributed by atoms with Crippen LogP contribution in [-0.4, -0.2) is 0 Å². The second-order valence-electron chi connectivity index (χ2n) is 19.6. The molecule has 4 aromatic carbocycles. The normalized spacial score (nSPS) is 17.4. The molecular formula is C69H90N4+4. The molecule has 0 amide bonds. The van der Waals surface area contributed by atoms with Crippen LogP contribution in [0.4, 0.5) is 0 Å². The first-order chi connectivity index (χ1) is 41.8. The van der Waals surface area contributed by atoms with E-state index in [1.54, 1.807) is 72.4 Å². The number of hydrogen-bond acceptors (Lipinski definition) is 0. The largest absolute Gasteiger partial charge is 0.215 e. The predicted molar refractivity (Wildman–Crippen MR) is 311 cm³/mol. The van der Waals surface area contributed by atoms with E-state index in [2.05, 4.69) is 68.9 Å². The van der Waals surface area contributed by atoms with Crippen LogP contribution in [0.5, 0.6) is 0 Å². The number of rotatable bonds is 7. The third kappa shape index (κ3) is 13.8. The molecule has 4 heteroatoms. The van der Waals surface area contributed by atoms with Gasteiger partial charge < -0.3 is 0 Å². The highest BCUT2D eigenvalue weighted by Gasteiger charge is 2.21. The van der Waals surface area contributed by atoms with Gasteiger partial charge in [0.15, 0.2) is 24.8 Å². The molecule has 0 aliphatic carbocycles. The molecule has 4 aromatic heterocycles. The van der Waals surface area contributed by atoms with Crippen LogP contribution in [0.25, 0.3) is 45.0 Å². The highest BCUT2D eigenvalue weighted by molar-refractivity contribution is 5.68. The van der Waals surface area contributed by atoms with Crippen molar-refractivity contribution in [3.63, 3.8) is 0 Å². The molecule has 0 saturated heterocycles. The molecular weight excluding hydrogens is 885 g/mol. The molecule has 0 saturated carbocycles. The minimum atomic E-state index is -2.69. The van der Waals surface area contributed by atoms with Crippen LogP contribution >= 0.6 is 0 Å². The van der Waals surface area contributed by atoms with E-state index in [9.17, 15) is 0 Å². The van der Waals surface area contributed by atoms with Gasteiger partial charge in [0.05, 0.1) is 0 Å². The molecule has 0 fully saturated rings. The van der Waals surface area contributed by atoms with Crippen molar-refractivity contribution in [2.75, 3.05) is 0 Å². The first kappa shape index (κ1) is 35.6. The molecule has 0 radical (unpaired) electrons. The van der Waals surface area contributed by atoms with Crippen LogP contribution in [0.2, 0.25) is 0 Å². The van der Waals surface area contributed by atoms with Crippen molar-refractivity contribution in [3.05, 3.63) is 211 Å². The lowest BCUT2D eigenvalue weighted by Gasteiger charge is -2.12. The molecule has 8 rings (SSSR count). The van der Waals surface area contributed by atoms with Crippen LogP contribution in [0, 0.1) is 89.9 Å². The molecule has 2 atom stereocenters. The van der Waals surface area contributed by atoms with Gasteiger partial charge in [0, 0.05) is 94.3 Å². The summed E-state index contributed by atoms with van der Waals surface area (Å²) in [6.07, 6.45) is 5.30. The van der Waals surface area contributed by atoms with Crippen LogP contribution in [0.15, 0.2) is 122 Å². The van der Waals surface area contributed by atoms with Gasteiger partial charge in [0.25, 0.3) is 0 Å². The number of aromatic nitrogens is 4. The van der Waals surface area contributed by atoms with Crippen LogP contribution in [0.3, 0.4) is 0 Å². The summed E-state index contributed by atoms with van der Waals surface area (Å²) in [4.78, 5) is 0. The second-order valence-corrected chi connectivity index (χ2v) is 19.6. The fraction of sp³-hybridized carbons (Fsp3) is 0.362. The third-order valence-corrected chi connectivity index (χ3v) is 13.9. The fourth-order valence-corrected chi connectivity index (χ4v) is 9.35. The lowest BCUT2D eigenvalue weighted by molar-refractivity contribution is -0.661. The lowest BCUT2D eigenvalue weighted by Crippen LogP contribution is -2.32. The summed E-state index contributed by atoms with van der Waals surface area (Å²) in [5, 5.41) is 0. The Morgan fingerprint density at radius 2 is 0.795 bits per heavy atom. The summed E-state index contributed by atoms with van der Waals surface area (Å²) in [6, 6.07) is 29.0. The van der Waals surface area contributed by atoms with E-state index in [1.807, 2.05) is 103 Å². The van der Waals surface area contributed by atoms with Gasteiger partial charge in [-0.3, -0.25) is 0 Å². The summed E-state index contributed by atoms with van der Waals surface area (Å²) in [5.41, 5.74) is 21.7. The van der Waals surface area contributed by atoms with Crippen molar-refractivity contribution < 1.29 is 44.3 Å². The molecule has 2 unspecified atom stereocenters. The highest BCUT2D eigenvalue weighted by Crippen LogP contribution is 2.31. The van der Waals surface area contributed by atoms with Crippen molar-refractivity contribution in [3.8, 4) is 45.0 Å². The summed E-state index contributed by atoms with van der Waals surface area (Å²) in [6.45, 7) is 13.2. The summed E-state index contributed by atoms with van der Waals surface area (Å²) >= 11 is 0.